The van der Waals surface area contributed by atoms with Crippen LogP contribution in [0.5, 0.6) is 0 Å². The van der Waals surface area contributed by atoms with Gasteiger partial charge in [0.15, 0.2) is 0 Å². The Kier molecular flexibility index (Phi) is 3.68. The van der Waals surface area contributed by atoms with E-state index in [4.69, 9.17) is 0 Å². The first-order chi connectivity index (χ1) is 9.40. The maximum atomic E-state index is 12.2. The van der Waals surface area contributed by atoms with Crippen LogP contribution in [0.25, 0.3) is 0 Å². The van der Waals surface area contributed by atoms with Crippen molar-refractivity contribution in [3.63, 3.8) is 0 Å². The minimum Gasteiger partial charge on any atom is -0.290 e. The lowest BCUT2D eigenvalue weighted by atomic mass is 10.6. The zero-order valence-electron chi connectivity index (χ0n) is 11.3. The number of allylic oxidation sites excluding steroid dienone is 2. The van der Waals surface area contributed by atoms with Crippen LogP contribution in [0.4, 0.5) is 0 Å². The fourth-order valence-electron chi connectivity index (χ4n) is 1.81. The van der Waals surface area contributed by atoms with Crippen molar-refractivity contribution in [3.05, 3.63) is 39.1 Å². The third-order valence-corrected chi connectivity index (χ3v) is 8.91. The van der Waals surface area contributed by atoms with Gasteiger partial charge in [0.25, 0.3) is 5.56 Å². The van der Waals surface area contributed by atoms with Gasteiger partial charge in [0, 0.05) is 14.1 Å². The molecule has 0 saturated carbocycles. The quantitative estimate of drug-likeness (QED) is 0.674. The number of hydrogen-bond donors (Lipinski definition) is 0. The highest BCUT2D eigenvalue weighted by Crippen LogP contribution is 2.59. The van der Waals surface area contributed by atoms with Crippen molar-refractivity contribution in [1.82, 2.24) is 9.13 Å². The molecule has 1 aromatic heterocycles. The van der Waals surface area contributed by atoms with Gasteiger partial charge in [-0.05, 0) is 23.7 Å². The van der Waals surface area contributed by atoms with Crippen molar-refractivity contribution in [1.29, 1.82) is 0 Å². The van der Waals surface area contributed by atoms with E-state index in [9.17, 15) is 9.59 Å². The smallest absolute Gasteiger partial charge is 0.290 e. The van der Waals surface area contributed by atoms with Crippen molar-refractivity contribution in [2.45, 2.75) is 23.8 Å². The zero-order chi connectivity index (χ0) is 14.6. The van der Waals surface area contributed by atoms with Gasteiger partial charge in [0.05, 0.1) is 8.47 Å². The van der Waals surface area contributed by atoms with E-state index in [2.05, 4.69) is 13.8 Å². The van der Waals surface area contributed by atoms with Crippen LogP contribution in [-0.2, 0) is 14.1 Å². The van der Waals surface area contributed by atoms with E-state index in [-0.39, 0.29) is 11.2 Å². The number of aromatic nitrogens is 2. The van der Waals surface area contributed by atoms with E-state index in [1.807, 2.05) is 0 Å². The van der Waals surface area contributed by atoms with Crippen molar-refractivity contribution in [3.8, 4) is 0 Å². The average molecular weight is 345 g/mol. The molecule has 3 heterocycles. The maximum absolute atomic E-state index is 12.2. The lowest BCUT2D eigenvalue weighted by molar-refractivity contribution is 0.605. The summed E-state index contributed by atoms with van der Waals surface area (Å²) in [7, 11) is 3.24. The highest BCUT2D eigenvalue weighted by molar-refractivity contribution is 8.32. The molecule has 0 fully saturated rings. The fourth-order valence-corrected chi connectivity index (χ4v) is 7.26. The van der Waals surface area contributed by atoms with E-state index in [0.717, 1.165) is 9.26 Å². The minimum atomic E-state index is -0.273. The van der Waals surface area contributed by atoms with Crippen LogP contribution in [0.2, 0.25) is 0 Å². The van der Waals surface area contributed by atoms with Crippen LogP contribution in [0.1, 0.15) is 13.8 Å². The molecule has 0 aliphatic carbocycles. The summed E-state index contributed by atoms with van der Waals surface area (Å²) in [6.45, 7) is 4.21. The summed E-state index contributed by atoms with van der Waals surface area (Å²) in [6.07, 6.45) is 0. The molecule has 2 aliphatic heterocycles. The lowest BCUT2D eigenvalue weighted by Crippen LogP contribution is -2.38. The van der Waals surface area contributed by atoms with Crippen LogP contribution < -0.4 is 11.2 Å². The molecule has 0 atom stereocenters. The number of fused-ring (bicyclic) bond motifs is 1. The Labute approximate surface area is 133 Å². The fraction of sp³-hybridized carbons (Fsp3) is 0.333. The minimum absolute atomic E-state index is 0.203. The van der Waals surface area contributed by atoms with Gasteiger partial charge >= 0.3 is 5.69 Å². The summed E-state index contributed by atoms with van der Waals surface area (Å²) >= 11 is 6.50. The Morgan fingerprint density at radius 1 is 0.800 bits per heavy atom. The van der Waals surface area contributed by atoms with Crippen molar-refractivity contribution in [2.75, 3.05) is 0 Å². The monoisotopic (exact) mass is 344 g/mol. The van der Waals surface area contributed by atoms with Crippen LogP contribution in [-0.4, -0.2) is 9.13 Å². The van der Waals surface area contributed by atoms with E-state index < -0.39 is 0 Å². The van der Waals surface area contributed by atoms with E-state index >= 15 is 0 Å². The Hall–Kier alpha value is -0.440. The molecule has 8 heteroatoms. The first kappa shape index (κ1) is 14.5. The van der Waals surface area contributed by atoms with E-state index in [0.29, 0.717) is 4.90 Å². The third kappa shape index (κ3) is 2.13. The van der Waals surface area contributed by atoms with Crippen molar-refractivity contribution >= 4 is 47.0 Å². The van der Waals surface area contributed by atoms with Gasteiger partial charge in [-0.1, -0.05) is 47.0 Å². The van der Waals surface area contributed by atoms with Gasteiger partial charge in [0.2, 0.25) is 0 Å². The Balaban J connectivity index is 2.09. The summed E-state index contributed by atoms with van der Waals surface area (Å²) in [6, 6.07) is 0. The summed E-state index contributed by atoms with van der Waals surface area (Å²) in [4.78, 5) is 27.4. The largest absolute Gasteiger partial charge is 0.331 e. The second-order valence-corrected chi connectivity index (χ2v) is 9.42. The second-order valence-electron chi connectivity index (χ2n) is 4.44. The molecular weight excluding hydrogens is 332 g/mol. The van der Waals surface area contributed by atoms with Gasteiger partial charge in [-0.25, -0.2) is 4.79 Å². The molecule has 20 heavy (non-hydrogen) atoms. The van der Waals surface area contributed by atoms with Crippen LogP contribution >= 0.6 is 47.0 Å². The molecule has 0 unspecified atom stereocenters. The molecule has 0 N–H and O–H groups in total. The summed E-state index contributed by atoms with van der Waals surface area (Å²) in [5.74, 6) is 0. The number of hydrogen-bond acceptors (Lipinski definition) is 6. The lowest BCUT2D eigenvalue weighted by Gasteiger charge is -2.05. The molecule has 2 aliphatic rings. The highest BCUT2D eigenvalue weighted by atomic mass is 32.2. The Morgan fingerprint density at radius 2 is 1.35 bits per heavy atom. The zero-order valence-corrected chi connectivity index (χ0v) is 14.6. The normalized spacial score (nSPS) is 18.2. The van der Waals surface area contributed by atoms with Crippen LogP contribution in [0, 0.1) is 0 Å². The van der Waals surface area contributed by atoms with Gasteiger partial charge < -0.3 is 0 Å². The molecule has 0 saturated heterocycles. The van der Waals surface area contributed by atoms with E-state index in [1.54, 1.807) is 35.1 Å². The summed E-state index contributed by atoms with van der Waals surface area (Å²) in [5.41, 5.74) is -0.476. The number of nitrogens with zero attached hydrogens (tertiary/aromatic N) is 2. The SMILES string of the molecule is CC1=C(C)SC(=C2Sc3c(n(C)c(=O)n(C)c3=O)S2)S1. The Bertz CT molecular complexity index is 785. The molecule has 1 aromatic rings. The van der Waals surface area contributed by atoms with E-state index in [1.165, 1.54) is 49.2 Å². The molecule has 0 amide bonds. The van der Waals surface area contributed by atoms with Crippen LogP contribution in [0.3, 0.4) is 0 Å². The third-order valence-electron chi connectivity index (χ3n) is 3.11. The molecule has 0 spiro atoms. The standard InChI is InChI=1S/C12H12N2O2S4/c1-5-6(2)18-10(17-5)11-19-7-8(15)13(3)12(16)14(4)9(7)20-11/h1-4H3. The molecular formula is C12H12N2O2S4. The molecule has 0 aromatic carbocycles. The maximum Gasteiger partial charge on any atom is 0.331 e. The predicted octanol–water partition coefficient (Wildman–Crippen LogP) is 3.14. The van der Waals surface area contributed by atoms with Gasteiger partial charge in [0.1, 0.15) is 9.92 Å². The average Bonchev–Trinajstić information content (AvgIpc) is 2.99. The summed E-state index contributed by atoms with van der Waals surface area (Å²) < 4.78 is 5.04. The summed E-state index contributed by atoms with van der Waals surface area (Å²) in [5, 5.41) is 0.758. The van der Waals surface area contributed by atoms with Gasteiger partial charge in [-0.3, -0.25) is 13.9 Å². The van der Waals surface area contributed by atoms with Gasteiger partial charge in [-0.15, -0.1) is 0 Å². The van der Waals surface area contributed by atoms with Crippen LogP contribution in [0.15, 0.2) is 37.8 Å². The van der Waals surface area contributed by atoms with Gasteiger partial charge in [-0.2, -0.15) is 0 Å². The molecule has 3 rings (SSSR count). The second kappa shape index (κ2) is 5.08. The topological polar surface area (TPSA) is 44.0 Å². The highest BCUT2D eigenvalue weighted by Gasteiger charge is 2.30. The first-order valence-corrected chi connectivity index (χ1v) is 9.10. The van der Waals surface area contributed by atoms with Crippen molar-refractivity contribution < 1.29 is 0 Å². The number of thioether (sulfide) groups is 4. The van der Waals surface area contributed by atoms with Crippen molar-refractivity contribution in [2.24, 2.45) is 14.1 Å². The Morgan fingerprint density at radius 3 is 1.95 bits per heavy atom. The molecule has 0 radical (unpaired) electrons. The number of rotatable bonds is 0. The molecule has 4 nitrogen and oxygen atoms in total. The molecule has 0 bridgehead atoms. The first-order valence-electron chi connectivity index (χ1n) is 5.83. The predicted molar refractivity (Wildman–Crippen MR) is 89.2 cm³/mol. The molecule has 106 valence electrons.